The molecule has 1 aliphatic carbocycles. The molecule has 0 radical (unpaired) electrons. The van der Waals surface area contributed by atoms with Crippen LogP contribution in [-0.2, 0) is 28.7 Å². The molecular formula is C24H34F3N3O5. The van der Waals surface area contributed by atoms with Crippen LogP contribution in [0.5, 0.6) is 0 Å². The summed E-state index contributed by atoms with van der Waals surface area (Å²) < 4.78 is 44.8. The first-order chi connectivity index (χ1) is 16.2. The molecule has 0 spiro atoms. The zero-order chi connectivity index (χ0) is 26.6. The standard InChI is InChI=1S/C21H26F3N3O5.C3H8/c1-20(2,3)32-19(29)25-15-5-4-12(9-15)18(28)26-7-6-16-13(11-26)8-14(21(22,23)24)10-17(16)27(30)31;1-3-2/h8,10,12,15H,4-7,9,11H2,1-3H3,(H,25,29);3H2,1-2H3. The number of halogens is 3. The molecule has 1 aromatic rings. The van der Waals surface area contributed by atoms with Crippen LogP contribution in [0.1, 0.15) is 77.0 Å². The van der Waals surface area contributed by atoms with Gasteiger partial charge in [-0.25, -0.2) is 4.79 Å². The number of carbonyl (C=O) groups excluding carboxylic acids is 2. The minimum absolute atomic E-state index is 0.112. The minimum Gasteiger partial charge on any atom is -0.444 e. The second kappa shape index (κ2) is 11.3. The van der Waals surface area contributed by atoms with Gasteiger partial charge in [-0.15, -0.1) is 0 Å². The van der Waals surface area contributed by atoms with Crippen molar-refractivity contribution in [3.63, 3.8) is 0 Å². The number of nitro benzene ring substituents is 1. The van der Waals surface area contributed by atoms with Gasteiger partial charge in [0.15, 0.2) is 0 Å². The van der Waals surface area contributed by atoms with Crippen LogP contribution in [0.25, 0.3) is 0 Å². The third kappa shape index (κ3) is 7.83. The first-order valence-electron chi connectivity index (χ1n) is 11.8. The highest BCUT2D eigenvalue weighted by molar-refractivity contribution is 5.80. The van der Waals surface area contributed by atoms with Gasteiger partial charge in [-0.3, -0.25) is 14.9 Å². The molecule has 35 heavy (non-hydrogen) atoms. The summed E-state index contributed by atoms with van der Waals surface area (Å²) in [5, 5.41) is 14.1. The van der Waals surface area contributed by atoms with E-state index in [-0.39, 0.29) is 48.5 Å². The van der Waals surface area contributed by atoms with E-state index in [9.17, 15) is 32.9 Å². The Labute approximate surface area is 203 Å². The Morgan fingerprint density at radius 1 is 1.20 bits per heavy atom. The summed E-state index contributed by atoms with van der Waals surface area (Å²) in [5.74, 6) is -0.596. The summed E-state index contributed by atoms with van der Waals surface area (Å²) >= 11 is 0. The predicted molar refractivity (Wildman–Crippen MR) is 124 cm³/mol. The highest BCUT2D eigenvalue weighted by Gasteiger charge is 2.38. The summed E-state index contributed by atoms with van der Waals surface area (Å²) in [4.78, 5) is 36.9. The molecule has 3 rings (SSSR count). The van der Waals surface area contributed by atoms with Crippen molar-refractivity contribution in [2.24, 2.45) is 5.92 Å². The van der Waals surface area contributed by atoms with Crippen molar-refractivity contribution in [3.8, 4) is 0 Å². The van der Waals surface area contributed by atoms with Gasteiger partial charge < -0.3 is 15.0 Å². The van der Waals surface area contributed by atoms with Crippen molar-refractivity contribution in [1.82, 2.24) is 10.2 Å². The SMILES string of the molecule is CC(C)(C)OC(=O)NC1CCC(C(=O)N2CCc3c(cc(C(F)(F)F)cc3[N+](=O)[O-])C2)C1.CCC. The van der Waals surface area contributed by atoms with Crippen LogP contribution in [0, 0.1) is 16.0 Å². The first-order valence-corrected chi connectivity index (χ1v) is 11.8. The normalized spacial score (nSPS) is 19.8. The number of nitrogens with zero attached hydrogens (tertiary/aromatic N) is 2. The summed E-state index contributed by atoms with van der Waals surface area (Å²) in [6.07, 6.45) is -2.39. The highest BCUT2D eigenvalue weighted by atomic mass is 19.4. The third-order valence-electron chi connectivity index (χ3n) is 5.65. The lowest BCUT2D eigenvalue weighted by atomic mass is 9.94. The van der Waals surface area contributed by atoms with Crippen molar-refractivity contribution in [2.45, 2.75) is 91.1 Å². The van der Waals surface area contributed by atoms with E-state index in [0.29, 0.717) is 25.3 Å². The lowest BCUT2D eigenvalue weighted by molar-refractivity contribution is -0.385. The molecule has 2 aliphatic rings. The maximum absolute atomic E-state index is 13.2. The average Bonchev–Trinajstić information content (AvgIpc) is 3.18. The summed E-state index contributed by atoms with van der Waals surface area (Å²) in [5.41, 5.74) is -1.92. The number of alkyl halides is 3. The lowest BCUT2D eigenvalue weighted by Crippen LogP contribution is -2.41. The number of hydrogen-bond donors (Lipinski definition) is 1. The van der Waals surface area contributed by atoms with Gasteiger partial charge >= 0.3 is 12.3 Å². The van der Waals surface area contributed by atoms with Crippen LogP contribution in [0.15, 0.2) is 12.1 Å². The Hall–Kier alpha value is -2.85. The second-order valence-electron chi connectivity index (χ2n) is 9.96. The van der Waals surface area contributed by atoms with Crippen molar-refractivity contribution in [1.29, 1.82) is 0 Å². The van der Waals surface area contributed by atoms with Crippen LogP contribution in [-0.4, -0.2) is 40.0 Å². The van der Waals surface area contributed by atoms with E-state index in [1.165, 1.54) is 11.3 Å². The summed E-state index contributed by atoms with van der Waals surface area (Å²) in [7, 11) is 0. The molecule has 2 amide bonds. The minimum atomic E-state index is -4.72. The van der Waals surface area contributed by atoms with Crippen LogP contribution in [0.3, 0.4) is 0 Å². The Morgan fingerprint density at radius 3 is 2.37 bits per heavy atom. The number of nitro groups is 1. The van der Waals surface area contributed by atoms with Gasteiger partial charge in [0.05, 0.1) is 10.5 Å². The number of benzene rings is 1. The van der Waals surface area contributed by atoms with Crippen molar-refractivity contribution < 1.29 is 32.4 Å². The molecule has 8 nitrogen and oxygen atoms in total. The van der Waals surface area contributed by atoms with Crippen LogP contribution in [0.2, 0.25) is 0 Å². The number of fused-ring (bicyclic) bond motifs is 1. The molecule has 0 saturated heterocycles. The first kappa shape index (κ1) is 28.4. The number of carbonyl (C=O) groups is 2. The quantitative estimate of drug-likeness (QED) is 0.429. The number of rotatable bonds is 3. The fourth-order valence-corrected chi connectivity index (χ4v) is 4.26. The van der Waals surface area contributed by atoms with Crippen LogP contribution in [0.4, 0.5) is 23.7 Å². The van der Waals surface area contributed by atoms with E-state index in [0.717, 1.165) is 6.07 Å². The van der Waals surface area contributed by atoms with Gasteiger partial charge in [-0.05, 0) is 58.1 Å². The Kier molecular flexibility index (Phi) is 9.13. The fourth-order valence-electron chi connectivity index (χ4n) is 4.26. The molecule has 1 aromatic carbocycles. The van der Waals surface area contributed by atoms with E-state index < -0.39 is 34.0 Å². The van der Waals surface area contributed by atoms with Gasteiger partial charge in [-0.1, -0.05) is 20.3 Å². The number of alkyl carbamates (subject to hydrolysis) is 1. The molecule has 0 bridgehead atoms. The Morgan fingerprint density at radius 2 is 1.83 bits per heavy atom. The van der Waals surface area contributed by atoms with E-state index in [1.807, 2.05) is 0 Å². The lowest BCUT2D eigenvalue weighted by Gasteiger charge is -2.31. The van der Waals surface area contributed by atoms with Crippen molar-refractivity contribution in [3.05, 3.63) is 38.9 Å². The van der Waals surface area contributed by atoms with Gasteiger partial charge in [-0.2, -0.15) is 13.2 Å². The molecule has 11 heteroatoms. The molecule has 1 heterocycles. The molecular weight excluding hydrogens is 467 g/mol. The number of hydrogen-bond acceptors (Lipinski definition) is 5. The number of nitrogens with one attached hydrogen (secondary N) is 1. The molecule has 2 unspecified atom stereocenters. The maximum atomic E-state index is 13.2. The number of amides is 2. The highest BCUT2D eigenvalue weighted by Crippen LogP contribution is 2.38. The second-order valence-corrected chi connectivity index (χ2v) is 9.96. The molecule has 196 valence electrons. The molecule has 1 saturated carbocycles. The topological polar surface area (TPSA) is 102 Å². The zero-order valence-corrected chi connectivity index (χ0v) is 20.8. The third-order valence-corrected chi connectivity index (χ3v) is 5.65. The molecule has 0 aromatic heterocycles. The smallest absolute Gasteiger partial charge is 0.416 e. The Balaban J connectivity index is 0.00000137. The number of ether oxygens (including phenoxy) is 1. The predicted octanol–water partition coefficient (Wildman–Crippen LogP) is 5.61. The Bertz CT molecular complexity index is 944. The maximum Gasteiger partial charge on any atom is 0.416 e. The average molecular weight is 502 g/mol. The summed E-state index contributed by atoms with van der Waals surface area (Å²) in [6.45, 7) is 9.57. The van der Waals surface area contributed by atoms with E-state index in [2.05, 4.69) is 19.2 Å². The molecule has 1 N–H and O–H groups in total. The molecule has 1 fully saturated rings. The van der Waals surface area contributed by atoms with Gasteiger partial charge in [0.2, 0.25) is 5.91 Å². The monoisotopic (exact) mass is 501 g/mol. The van der Waals surface area contributed by atoms with Crippen molar-refractivity contribution >= 4 is 17.7 Å². The fraction of sp³-hybridized carbons (Fsp3) is 0.667. The molecule has 2 atom stereocenters. The van der Waals surface area contributed by atoms with Gasteiger partial charge in [0.25, 0.3) is 5.69 Å². The molecule has 1 aliphatic heterocycles. The van der Waals surface area contributed by atoms with Gasteiger partial charge in [0.1, 0.15) is 5.60 Å². The van der Waals surface area contributed by atoms with E-state index in [1.54, 1.807) is 20.8 Å². The van der Waals surface area contributed by atoms with E-state index >= 15 is 0 Å². The van der Waals surface area contributed by atoms with Crippen LogP contribution >= 0.6 is 0 Å². The van der Waals surface area contributed by atoms with Gasteiger partial charge in [0, 0.05) is 36.7 Å². The summed E-state index contributed by atoms with van der Waals surface area (Å²) in [6, 6.07) is 1.22. The largest absolute Gasteiger partial charge is 0.444 e. The van der Waals surface area contributed by atoms with Crippen LogP contribution < -0.4 is 5.32 Å². The van der Waals surface area contributed by atoms with E-state index in [4.69, 9.17) is 4.74 Å². The zero-order valence-electron chi connectivity index (χ0n) is 20.8. The van der Waals surface area contributed by atoms with Crippen molar-refractivity contribution in [2.75, 3.05) is 6.54 Å².